The zero-order valence-corrected chi connectivity index (χ0v) is 22.2. The number of fused-ring (bicyclic) bond motifs is 6. The van der Waals surface area contributed by atoms with Crippen molar-refractivity contribution in [3.63, 3.8) is 0 Å². The number of hydrogen-bond acceptors (Lipinski definition) is 7. The molecular weight excluding hydrogens is 512 g/mol. The van der Waals surface area contributed by atoms with Gasteiger partial charge in [-0.05, 0) is 66.6 Å². The number of carbonyl (C=O) groups is 3. The standard InChI is InChI=1S/C31H24N2O5S/c1-15-6-11-18-21-13-20(16-7-9-17(37-2)10-8-16)25-27(26(21)31(36)38-23(18)12-15)29(35)33(28(25)34)30-22(14-32)19-4-3-5-24(19)39-30/h6-13,20,25-27H,3-5H2,1-2H3/t20-,25+,26-,27+/m0/s1. The molecule has 7 rings (SSSR count). The maximum absolute atomic E-state index is 14.2. The highest BCUT2D eigenvalue weighted by atomic mass is 32.1. The molecule has 2 aromatic carbocycles. The molecule has 2 aliphatic carbocycles. The molecule has 0 bridgehead atoms. The van der Waals surface area contributed by atoms with Crippen molar-refractivity contribution in [3.05, 3.63) is 81.2 Å². The third kappa shape index (κ3) is 3.36. The molecule has 8 heteroatoms. The Morgan fingerprint density at radius 2 is 1.82 bits per heavy atom. The van der Waals surface area contributed by atoms with E-state index in [0.717, 1.165) is 46.4 Å². The van der Waals surface area contributed by atoms with Crippen molar-refractivity contribution in [1.82, 2.24) is 0 Å². The number of nitriles is 1. The van der Waals surface area contributed by atoms with Crippen LogP contribution >= 0.6 is 11.3 Å². The van der Waals surface area contributed by atoms with Crippen molar-refractivity contribution < 1.29 is 23.9 Å². The molecule has 39 heavy (non-hydrogen) atoms. The third-order valence-corrected chi connectivity index (χ3v) is 9.75. The van der Waals surface area contributed by atoms with Crippen molar-refractivity contribution in [2.45, 2.75) is 32.1 Å². The monoisotopic (exact) mass is 536 g/mol. The molecule has 3 heterocycles. The summed E-state index contributed by atoms with van der Waals surface area (Å²) in [6.45, 7) is 1.92. The number of amides is 2. The summed E-state index contributed by atoms with van der Waals surface area (Å²) in [5.74, 6) is -3.30. The molecule has 4 aliphatic rings. The normalized spacial score (nSPS) is 24.8. The minimum atomic E-state index is -0.935. The zero-order chi connectivity index (χ0) is 27.0. The van der Waals surface area contributed by atoms with Gasteiger partial charge in [-0.15, -0.1) is 11.3 Å². The van der Waals surface area contributed by atoms with Crippen molar-refractivity contribution in [2.75, 3.05) is 12.0 Å². The number of esters is 1. The molecule has 0 saturated carbocycles. The molecular formula is C31H24N2O5S. The van der Waals surface area contributed by atoms with Crippen LogP contribution in [0.15, 0.2) is 48.5 Å². The highest BCUT2D eigenvalue weighted by molar-refractivity contribution is 7.17. The first-order valence-electron chi connectivity index (χ1n) is 13.0. The van der Waals surface area contributed by atoms with E-state index in [0.29, 0.717) is 27.6 Å². The maximum Gasteiger partial charge on any atom is 0.319 e. The smallest absolute Gasteiger partial charge is 0.319 e. The first-order valence-corrected chi connectivity index (χ1v) is 13.8. The second-order valence-electron chi connectivity index (χ2n) is 10.5. The van der Waals surface area contributed by atoms with E-state index in [2.05, 4.69) is 6.07 Å². The van der Waals surface area contributed by atoms with Gasteiger partial charge in [-0.2, -0.15) is 5.26 Å². The van der Waals surface area contributed by atoms with Crippen LogP contribution in [0.3, 0.4) is 0 Å². The van der Waals surface area contributed by atoms with Gasteiger partial charge in [-0.25, -0.2) is 4.90 Å². The topological polar surface area (TPSA) is 96.7 Å². The quantitative estimate of drug-likeness (QED) is 0.267. The van der Waals surface area contributed by atoms with Crippen LogP contribution in [0, 0.1) is 36.0 Å². The Balaban J connectivity index is 1.41. The first kappa shape index (κ1) is 23.9. The lowest BCUT2D eigenvalue weighted by Crippen LogP contribution is -2.42. The average Bonchev–Trinajstić information content (AvgIpc) is 3.59. The zero-order valence-electron chi connectivity index (χ0n) is 21.4. The molecule has 1 aromatic heterocycles. The average molecular weight is 537 g/mol. The van der Waals surface area contributed by atoms with E-state index >= 15 is 0 Å². The Kier molecular flexibility index (Phi) is 5.29. The fourth-order valence-corrected chi connectivity index (χ4v) is 8.03. The molecule has 3 aromatic rings. The molecule has 4 atom stereocenters. The number of nitrogens with zero attached hydrogens (tertiary/aromatic N) is 2. The van der Waals surface area contributed by atoms with Crippen LogP contribution in [0.5, 0.6) is 11.5 Å². The fraction of sp³-hybridized carbons (Fsp3) is 0.290. The van der Waals surface area contributed by atoms with E-state index in [9.17, 15) is 19.6 Å². The van der Waals surface area contributed by atoms with Crippen LogP contribution in [0.25, 0.3) is 5.57 Å². The van der Waals surface area contributed by atoms with Crippen LogP contribution in [0.4, 0.5) is 5.00 Å². The van der Waals surface area contributed by atoms with Crippen molar-refractivity contribution in [1.29, 1.82) is 5.26 Å². The SMILES string of the molecule is COc1ccc([C@@H]2C=C3c4ccc(C)cc4OC(=O)[C@@H]3[C@@H]3C(=O)N(c4sc5c(c4C#N)CCC5)C(=O)[C@@H]32)cc1. The van der Waals surface area contributed by atoms with Gasteiger partial charge in [0.25, 0.3) is 0 Å². The highest BCUT2D eigenvalue weighted by Gasteiger charge is 2.61. The predicted molar refractivity (Wildman–Crippen MR) is 145 cm³/mol. The molecule has 7 nitrogen and oxygen atoms in total. The van der Waals surface area contributed by atoms with Gasteiger partial charge < -0.3 is 9.47 Å². The lowest BCUT2D eigenvalue weighted by Gasteiger charge is -2.38. The van der Waals surface area contributed by atoms with Crippen molar-refractivity contribution in [2.24, 2.45) is 17.8 Å². The summed E-state index contributed by atoms with van der Waals surface area (Å²) in [4.78, 5) is 44.2. The number of ether oxygens (including phenoxy) is 2. The van der Waals surface area contributed by atoms with Gasteiger partial charge in [0.15, 0.2) is 0 Å². The number of thiophene rings is 1. The van der Waals surface area contributed by atoms with Gasteiger partial charge in [-0.3, -0.25) is 14.4 Å². The summed E-state index contributed by atoms with van der Waals surface area (Å²) in [5, 5.41) is 10.4. The summed E-state index contributed by atoms with van der Waals surface area (Å²) in [7, 11) is 1.59. The van der Waals surface area contributed by atoms with Crippen LogP contribution in [-0.4, -0.2) is 24.9 Å². The minimum Gasteiger partial charge on any atom is -0.497 e. The predicted octanol–water partition coefficient (Wildman–Crippen LogP) is 4.95. The Morgan fingerprint density at radius 3 is 2.56 bits per heavy atom. The van der Waals surface area contributed by atoms with E-state index < -0.39 is 35.5 Å². The molecule has 0 radical (unpaired) electrons. The van der Waals surface area contributed by atoms with Gasteiger partial charge in [-0.1, -0.05) is 30.3 Å². The largest absolute Gasteiger partial charge is 0.497 e. The van der Waals surface area contributed by atoms with Gasteiger partial charge >= 0.3 is 5.97 Å². The summed E-state index contributed by atoms with van der Waals surface area (Å²) in [6.07, 6.45) is 4.53. The molecule has 2 aliphatic heterocycles. The number of benzene rings is 2. The van der Waals surface area contributed by atoms with Gasteiger partial charge in [0.1, 0.15) is 22.6 Å². The summed E-state index contributed by atoms with van der Waals surface area (Å²) < 4.78 is 11.1. The van der Waals surface area contributed by atoms with Crippen LogP contribution in [0.1, 0.15) is 45.0 Å². The maximum atomic E-state index is 14.2. The molecule has 1 fully saturated rings. The molecule has 0 N–H and O–H groups in total. The minimum absolute atomic E-state index is 0.375. The second-order valence-corrected chi connectivity index (χ2v) is 11.6. The number of aryl methyl sites for hydroxylation is 2. The first-order chi connectivity index (χ1) is 18.9. The van der Waals surface area contributed by atoms with Crippen molar-refractivity contribution >= 4 is 39.7 Å². The number of carbonyl (C=O) groups excluding carboxylic acids is 3. The molecule has 2 amide bonds. The number of hydrogen-bond donors (Lipinski definition) is 0. The van der Waals surface area contributed by atoms with Gasteiger partial charge in [0.05, 0.1) is 30.4 Å². The summed E-state index contributed by atoms with van der Waals surface area (Å²) in [5.41, 5.74) is 4.62. The Labute approximate surface area is 229 Å². The highest BCUT2D eigenvalue weighted by Crippen LogP contribution is 2.56. The van der Waals surface area contributed by atoms with E-state index in [1.165, 1.54) is 16.2 Å². The number of rotatable bonds is 3. The molecule has 0 spiro atoms. The van der Waals surface area contributed by atoms with Gasteiger partial charge in [0.2, 0.25) is 11.8 Å². The molecule has 194 valence electrons. The van der Waals surface area contributed by atoms with E-state index in [4.69, 9.17) is 9.47 Å². The Hall–Kier alpha value is -4.22. The third-order valence-electron chi connectivity index (χ3n) is 8.47. The lowest BCUT2D eigenvalue weighted by atomic mass is 9.64. The number of methoxy groups -OCH3 is 1. The molecule has 0 unspecified atom stereocenters. The fourth-order valence-electron chi connectivity index (χ4n) is 6.68. The van der Waals surface area contributed by atoms with Crippen LogP contribution in [0.2, 0.25) is 0 Å². The second kappa shape index (κ2) is 8.65. The molecule has 1 saturated heterocycles. The number of allylic oxidation sites excluding steroid dienone is 1. The van der Waals surface area contributed by atoms with Crippen LogP contribution < -0.4 is 14.4 Å². The Bertz CT molecular complexity index is 1660. The van der Waals surface area contributed by atoms with E-state index in [-0.39, 0.29) is 5.91 Å². The van der Waals surface area contributed by atoms with E-state index in [1.54, 1.807) is 7.11 Å². The van der Waals surface area contributed by atoms with E-state index in [1.807, 2.05) is 55.5 Å². The number of anilines is 1. The van der Waals surface area contributed by atoms with Gasteiger partial charge in [0, 0.05) is 16.4 Å². The van der Waals surface area contributed by atoms with Crippen LogP contribution in [-0.2, 0) is 27.2 Å². The lowest BCUT2D eigenvalue weighted by molar-refractivity contribution is -0.142. The summed E-state index contributed by atoms with van der Waals surface area (Å²) in [6, 6.07) is 15.4. The van der Waals surface area contributed by atoms with Crippen molar-refractivity contribution in [3.8, 4) is 17.6 Å². The number of imide groups is 1. The summed E-state index contributed by atoms with van der Waals surface area (Å²) >= 11 is 1.36. The Morgan fingerprint density at radius 1 is 1.05 bits per heavy atom.